The van der Waals surface area contributed by atoms with Crippen molar-refractivity contribution in [3.8, 4) is 0 Å². The van der Waals surface area contributed by atoms with Gasteiger partial charge in [-0.2, -0.15) is 5.10 Å². The zero-order valence-corrected chi connectivity index (χ0v) is 14.4. The van der Waals surface area contributed by atoms with Gasteiger partial charge in [0.05, 0.1) is 18.3 Å². The van der Waals surface area contributed by atoms with Gasteiger partial charge in [0.25, 0.3) is 5.91 Å². The number of rotatable bonds is 5. The molecule has 25 heavy (non-hydrogen) atoms. The molecular weight excluding hydrogens is 341 g/mol. The summed E-state index contributed by atoms with van der Waals surface area (Å²) in [6.07, 6.45) is 3.18. The molecule has 0 spiro atoms. The van der Waals surface area contributed by atoms with Gasteiger partial charge in [-0.3, -0.25) is 9.48 Å². The maximum Gasteiger partial charge on any atom is 0.257 e. The summed E-state index contributed by atoms with van der Waals surface area (Å²) in [5, 5.41) is 4.87. The van der Waals surface area contributed by atoms with Gasteiger partial charge in [-0.25, -0.2) is 4.39 Å². The predicted octanol–water partition coefficient (Wildman–Crippen LogP) is 4.00. The molecule has 4 nitrogen and oxygen atoms in total. The third kappa shape index (κ3) is 4.06. The second kappa shape index (κ2) is 7.49. The normalized spacial score (nSPS) is 10.7. The third-order valence-corrected chi connectivity index (χ3v) is 4.25. The van der Waals surface area contributed by atoms with Crippen molar-refractivity contribution in [2.75, 3.05) is 7.05 Å². The van der Waals surface area contributed by atoms with E-state index in [1.165, 1.54) is 17.2 Å². The van der Waals surface area contributed by atoms with Crippen LogP contribution in [0.3, 0.4) is 0 Å². The molecule has 0 N–H and O–H groups in total. The highest BCUT2D eigenvalue weighted by Gasteiger charge is 2.16. The Bertz CT molecular complexity index is 894. The number of amides is 1. The van der Waals surface area contributed by atoms with Gasteiger partial charge in [0, 0.05) is 30.4 Å². The Kier molecular flexibility index (Phi) is 5.14. The molecule has 0 fully saturated rings. The van der Waals surface area contributed by atoms with E-state index < -0.39 is 0 Å². The Balaban J connectivity index is 1.70. The van der Waals surface area contributed by atoms with E-state index in [2.05, 4.69) is 5.10 Å². The number of aromatic nitrogens is 2. The molecule has 0 aliphatic rings. The predicted molar refractivity (Wildman–Crippen MR) is 95.0 cm³/mol. The molecule has 0 bridgehead atoms. The van der Waals surface area contributed by atoms with Gasteiger partial charge < -0.3 is 4.90 Å². The minimum atomic E-state index is -0.323. The van der Waals surface area contributed by atoms with E-state index in [9.17, 15) is 9.18 Å². The van der Waals surface area contributed by atoms with Crippen molar-refractivity contribution < 1.29 is 9.18 Å². The second-order valence-corrected chi connectivity index (χ2v) is 6.18. The van der Waals surface area contributed by atoms with Crippen LogP contribution in [0.15, 0.2) is 60.9 Å². The van der Waals surface area contributed by atoms with Crippen molar-refractivity contribution in [1.82, 2.24) is 14.7 Å². The molecule has 128 valence electrons. The van der Waals surface area contributed by atoms with Crippen molar-refractivity contribution in [2.24, 2.45) is 0 Å². The van der Waals surface area contributed by atoms with Gasteiger partial charge in [0.2, 0.25) is 0 Å². The molecule has 0 aliphatic carbocycles. The second-order valence-electron chi connectivity index (χ2n) is 5.77. The summed E-state index contributed by atoms with van der Waals surface area (Å²) in [4.78, 5) is 14.0. The molecule has 1 aromatic heterocycles. The van der Waals surface area contributed by atoms with E-state index in [1.807, 2.05) is 24.3 Å². The number of hydrogen-bond donors (Lipinski definition) is 0. The molecule has 0 saturated heterocycles. The third-order valence-electron chi connectivity index (χ3n) is 3.88. The van der Waals surface area contributed by atoms with Crippen molar-refractivity contribution in [3.05, 3.63) is 88.5 Å². The van der Waals surface area contributed by atoms with Gasteiger partial charge >= 0.3 is 0 Å². The molecule has 0 saturated carbocycles. The van der Waals surface area contributed by atoms with E-state index >= 15 is 0 Å². The lowest BCUT2D eigenvalue weighted by Crippen LogP contribution is -2.26. The largest absolute Gasteiger partial charge is 0.337 e. The summed E-state index contributed by atoms with van der Waals surface area (Å²) in [6, 6.07) is 13.9. The van der Waals surface area contributed by atoms with Crippen molar-refractivity contribution in [1.29, 1.82) is 0 Å². The monoisotopic (exact) mass is 357 g/mol. The molecule has 0 atom stereocenters. The van der Waals surface area contributed by atoms with Crippen LogP contribution in [-0.2, 0) is 13.1 Å². The summed E-state index contributed by atoms with van der Waals surface area (Å²) in [7, 11) is 1.64. The highest BCUT2D eigenvalue weighted by Crippen LogP contribution is 2.17. The van der Waals surface area contributed by atoms with E-state index in [0.29, 0.717) is 22.7 Å². The lowest BCUT2D eigenvalue weighted by Gasteiger charge is -2.16. The van der Waals surface area contributed by atoms with Crippen LogP contribution in [0.1, 0.15) is 21.5 Å². The average molecular weight is 358 g/mol. The van der Waals surface area contributed by atoms with E-state index in [1.54, 1.807) is 36.1 Å². The molecule has 6 heteroatoms. The van der Waals surface area contributed by atoms with E-state index in [-0.39, 0.29) is 18.3 Å². The zero-order chi connectivity index (χ0) is 17.8. The minimum Gasteiger partial charge on any atom is -0.337 e. The highest BCUT2D eigenvalue weighted by molar-refractivity contribution is 6.31. The maximum atomic E-state index is 13.7. The smallest absolute Gasteiger partial charge is 0.257 e. The van der Waals surface area contributed by atoms with Gasteiger partial charge in [-0.15, -0.1) is 0 Å². The standard InChI is InChI=1S/C19H17ClFN3O/c1-23(11-15-7-3-5-9-18(15)21)19(25)16-10-22-24(13-16)12-14-6-2-4-8-17(14)20/h2-10,13H,11-12H2,1H3. The fourth-order valence-electron chi connectivity index (χ4n) is 2.54. The summed E-state index contributed by atoms with van der Waals surface area (Å²) in [5.41, 5.74) is 1.85. The average Bonchev–Trinajstić information content (AvgIpc) is 3.07. The molecule has 1 amide bonds. The van der Waals surface area contributed by atoms with Crippen LogP contribution >= 0.6 is 11.6 Å². The van der Waals surface area contributed by atoms with Crippen molar-refractivity contribution in [3.63, 3.8) is 0 Å². The first-order valence-electron chi connectivity index (χ1n) is 7.79. The lowest BCUT2D eigenvalue weighted by atomic mass is 10.2. The first kappa shape index (κ1) is 17.2. The van der Waals surface area contributed by atoms with E-state index in [4.69, 9.17) is 11.6 Å². The Morgan fingerprint density at radius 1 is 1.16 bits per heavy atom. The van der Waals surface area contributed by atoms with Crippen molar-refractivity contribution in [2.45, 2.75) is 13.1 Å². The SMILES string of the molecule is CN(Cc1ccccc1F)C(=O)c1cnn(Cc2ccccc2Cl)c1. The van der Waals surface area contributed by atoms with Crippen molar-refractivity contribution >= 4 is 17.5 Å². The van der Waals surface area contributed by atoms with Crippen LogP contribution in [0.25, 0.3) is 0 Å². The van der Waals surface area contributed by atoms with Gasteiger partial charge in [-0.1, -0.05) is 48.0 Å². The van der Waals surface area contributed by atoms with Gasteiger partial charge in [0.1, 0.15) is 5.82 Å². The summed E-state index contributed by atoms with van der Waals surface area (Å²) in [5.74, 6) is -0.537. The minimum absolute atomic E-state index is 0.196. The Hall–Kier alpha value is -2.66. The van der Waals surface area contributed by atoms with Gasteiger partial charge in [-0.05, 0) is 17.7 Å². The molecule has 2 aromatic carbocycles. The van der Waals surface area contributed by atoms with Crippen LogP contribution in [0.4, 0.5) is 4.39 Å². The molecule has 3 rings (SSSR count). The van der Waals surface area contributed by atoms with Crippen LogP contribution in [0, 0.1) is 5.82 Å². The molecular formula is C19H17ClFN3O. The fourth-order valence-corrected chi connectivity index (χ4v) is 2.73. The van der Waals surface area contributed by atoms with Gasteiger partial charge in [0.15, 0.2) is 0 Å². The highest BCUT2D eigenvalue weighted by atomic mass is 35.5. The molecule has 1 heterocycles. The lowest BCUT2D eigenvalue weighted by molar-refractivity contribution is 0.0783. The topological polar surface area (TPSA) is 38.1 Å². The number of halogens is 2. The summed E-state index contributed by atoms with van der Waals surface area (Å²) >= 11 is 6.15. The Morgan fingerprint density at radius 3 is 2.56 bits per heavy atom. The number of carbonyl (C=O) groups is 1. The Labute approximate surface area is 150 Å². The Morgan fingerprint density at radius 2 is 1.84 bits per heavy atom. The number of nitrogens with zero attached hydrogens (tertiary/aromatic N) is 3. The molecule has 0 aliphatic heterocycles. The van der Waals surface area contributed by atoms with Crippen LogP contribution in [0.2, 0.25) is 5.02 Å². The number of hydrogen-bond acceptors (Lipinski definition) is 2. The zero-order valence-electron chi connectivity index (χ0n) is 13.7. The van der Waals surface area contributed by atoms with Crippen LogP contribution < -0.4 is 0 Å². The maximum absolute atomic E-state index is 13.7. The molecule has 0 unspecified atom stereocenters. The molecule has 0 radical (unpaired) electrons. The first-order chi connectivity index (χ1) is 12.0. The van der Waals surface area contributed by atoms with Crippen LogP contribution in [0.5, 0.6) is 0 Å². The quantitative estimate of drug-likeness (QED) is 0.692. The first-order valence-corrected chi connectivity index (χ1v) is 8.17. The fraction of sp³-hybridized carbons (Fsp3) is 0.158. The summed E-state index contributed by atoms with van der Waals surface area (Å²) in [6.45, 7) is 0.672. The number of benzene rings is 2. The molecule has 3 aromatic rings. The van der Waals surface area contributed by atoms with E-state index in [0.717, 1.165) is 5.56 Å². The number of carbonyl (C=O) groups excluding carboxylic acids is 1. The summed E-state index contributed by atoms with van der Waals surface area (Å²) < 4.78 is 15.4. The van der Waals surface area contributed by atoms with Crippen LogP contribution in [-0.4, -0.2) is 27.6 Å².